The summed E-state index contributed by atoms with van der Waals surface area (Å²) in [6.45, 7) is 4.37. The van der Waals surface area contributed by atoms with E-state index in [1.165, 1.54) is 4.90 Å². The van der Waals surface area contributed by atoms with Crippen LogP contribution in [0.4, 0.5) is 0 Å². The summed E-state index contributed by atoms with van der Waals surface area (Å²) in [4.78, 5) is 24.1. The minimum absolute atomic E-state index is 0.00768. The molecule has 0 unspecified atom stereocenters. The molecule has 0 fully saturated rings. The van der Waals surface area contributed by atoms with Crippen LogP contribution in [0, 0.1) is 12.3 Å². The third kappa shape index (κ3) is 5.74. The molecule has 0 rings (SSSR count). The van der Waals surface area contributed by atoms with Crippen molar-refractivity contribution in [1.29, 1.82) is 0 Å². The van der Waals surface area contributed by atoms with Crippen LogP contribution in [0.15, 0.2) is 0 Å². The zero-order valence-electron chi connectivity index (χ0n) is 9.28. The normalized spacial score (nSPS) is 9.13. The average Bonchev–Trinajstić information content (AvgIpc) is 2.22. The molecular formula is C11H17NO3. The maximum atomic E-state index is 11.5. The van der Waals surface area contributed by atoms with Crippen LogP contribution in [0.5, 0.6) is 0 Å². The van der Waals surface area contributed by atoms with Crippen LogP contribution in [0.3, 0.4) is 0 Å². The fraction of sp³-hybridized carbons (Fsp3) is 0.636. The SMILES string of the molecule is C#CCCC(=O)N(CC)CC(=O)OCC. The van der Waals surface area contributed by atoms with Crippen LogP contribution >= 0.6 is 0 Å². The van der Waals surface area contributed by atoms with E-state index in [0.29, 0.717) is 19.6 Å². The summed E-state index contributed by atoms with van der Waals surface area (Å²) in [6.07, 6.45) is 5.74. The number of terminal acetylenes is 1. The highest BCUT2D eigenvalue weighted by atomic mass is 16.5. The lowest BCUT2D eigenvalue weighted by molar-refractivity contribution is -0.148. The molecule has 0 aliphatic carbocycles. The summed E-state index contributed by atoms with van der Waals surface area (Å²) < 4.78 is 4.76. The molecule has 0 radical (unpaired) electrons. The standard InChI is InChI=1S/C11H17NO3/c1-4-7-8-10(13)12(5-2)9-11(14)15-6-3/h1H,5-9H2,2-3H3. The predicted molar refractivity (Wildman–Crippen MR) is 57.0 cm³/mol. The number of carbonyl (C=O) groups excluding carboxylic acids is 2. The zero-order valence-corrected chi connectivity index (χ0v) is 9.28. The molecular weight excluding hydrogens is 194 g/mol. The molecule has 0 saturated heterocycles. The average molecular weight is 211 g/mol. The first kappa shape index (κ1) is 13.5. The molecule has 0 bridgehead atoms. The number of esters is 1. The lowest BCUT2D eigenvalue weighted by Crippen LogP contribution is -2.36. The van der Waals surface area contributed by atoms with Gasteiger partial charge in [-0.3, -0.25) is 9.59 Å². The smallest absolute Gasteiger partial charge is 0.325 e. The Kier molecular flexibility index (Phi) is 7.08. The first-order valence-electron chi connectivity index (χ1n) is 5.02. The zero-order chi connectivity index (χ0) is 11.7. The van der Waals surface area contributed by atoms with E-state index in [0.717, 1.165) is 0 Å². The molecule has 0 aromatic heterocycles. The van der Waals surface area contributed by atoms with Gasteiger partial charge in [-0.15, -0.1) is 12.3 Å². The monoisotopic (exact) mass is 211 g/mol. The second kappa shape index (κ2) is 7.86. The largest absolute Gasteiger partial charge is 0.465 e. The Morgan fingerprint density at radius 3 is 2.53 bits per heavy atom. The van der Waals surface area contributed by atoms with Gasteiger partial charge in [0.2, 0.25) is 5.91 Å². The lowest BCUT2D eigenvalue weighted by atomic mass is 10.3. The molecule has 0 saturated carbocycles. The summed E-state index contributed by atoms with van der Waals surface area (Å²) in [5.41, 5.74) is 0. The molecule has 1 amide bonds. The first-order valence-corrected chi connectivity index (χ1v) is 5.02. The number of hydrogen-bond acceptors (Lipinski definition) is 3. The molecule has 0 aromatic rings. The number of nitrogens with zero attached hydrogens (tertiary/aromatic N) is 1. The highest BCUT2D eigenvalue weighted by Crippen LogP contribution is 1.98. The van der Waals surface area contributed by atoms with Crippen molar-refractivity contribution in [3.05, 3.63) is 0 Å². The molecule has 0 aromatic carbocycles. The molecule has 4 nitrogen and oxygen atoms in total. The van der Waals surface area contributed by atoms with Crippen molar-refractivity contribution in [2.24, 2.45) is 0 Å². The minimum atomic E-state index is -0.381. The van der Waals surface area contributed by atoms with Gasteiger partial charge in [0.15, 0.2) is 0 Å². The van der Waals surface area contributed by atoms with Crippen LogP contribution in [0.2, 0.25) is 0 Å². The van der Waals surface area contributed by atoms with Crippen LogP contribution < -0.4 is 0 Å². The Labute approximate surface area is 90.6 Å². The summed E-state index contributed by atoms with van der Waals surface area (Å²) >= 11 is 0. The van der Waals surface area contributed by atoms with Gasteiger partial charge in [-0.1, -0.05) is 0 Å². The molecule has 0 aliphatic rings. The Bertz CT molecular complexity index is 255. The van der Waals surface area contributed by atoms with Crippen LogP contribution in [0.25, 0.3) is 0 Å². The van der Waals surface area contributed by atoms with Gasteiger partial charge in [-0.25, -0.2) is 0 Å². The lowest BCUT2D eigenvalue weighted by Gasteiger charge is -2.19. The maximum Gasteiger partial charge on any atom is 0.325 e. The van der Waals surface area contributed by atoms with E-state index in [1.54, 1.807) is 6.92 Å². The van der Waals surface area contributed by atoms with E-state index in [4.69, 9.17) is 11.2 Å². The maximum absolute atomic E-state index is 11.5. The van der Waals surface area contributed by atoms with Crippen molar-refractivity contribution in [3.8, 4) is 12.3 Å². The Balaban J connectivity index is 4.07. The van der Waals surface area contributed by atoms with Crippen LogP contribution in [0.1, 0.15) is 26.7 Å². The van der Waals surface area contributed by atoms with E-state index in [1.807, 2.05) is 6.92 Å². The van der Waals surface area contributed by atoms with E-state index in [-0.39, 0.29) is 24.8 Å². The van der Waals surface area contributed by atoms with E-state index in [2.05, 4.69) is 5.92 Å². The molecule has 0 spiro atoms. The van der Waals surface area contributed by atoms with Crippen LogP contribution in [-0.2, 0) is 14.3 Å². The van der Waals surface area contributed by atoms with Gasteiger partial charge in [0.25, 0.3) is 0 Å². The molecule has 84 valence electrons. The number of likely N-dealkylation sites (N-methyl/N-ethyl adjacent to an activating group) is 1. The minimum Gasteiger partial charge on any atom is -0.465 e. The molecule has 0 heterocycles. The van der Waals surface area contributed by atoms with E-state index in [9.17, 15) is 9.59 Å². The van der Waals surface area contributed by atoms with Crippen molar-refractivity contribution >= 4 is 11.9 Å². The van der Waals surface area contributed by atoms with Gasteiger partial charge in [0.05, 0.1) is 6.61 Å². The first-order chi connectivity index (χ1) is 7.15. The fourth-order valence-electron chi connectivity index (χ4n) is 1.08. The number of hydrogen-bond donors (Lipinski definition) is 0. The molecule has 0 N–H and O–H groups in total. The third-order valence-electron chi connectivity index (χ3n) is 1.84. The quantitative estimate of drug-likeness (QED) is 0.482. The van der Waals surface area contributed by atoms with Gasteiger partial charge < -0.3 is 9.64 Å². The van der Waals surface area contributed by atoms with Crippen molar-refractivity contribution < 1.29 is 14.3 Å². The number of rotatable bonds is 6. The number of ether oxygens (including phenoxy) is 1. The molecule has 0 atom stereocenters. The van der Waals surface area contributed by atoms with Gasteiger partial charge in [-0.2, -0.15) is 0 Å². The summed E-state index contributed by atoms with van der Waals surface area (Å²) in [6, 6.07) is 0. The second-order valence-electron chi connectivity index (χ2n) is 2.92. The number of amides is 1. The van der Waals surface area contributed by atoms with Crippen molar-refractivity contribution in [1.82, 2.24) is 4.90 Å². The Hall–Kier alpha value is -1.50. The third-order valence-corrected chi connectivity index (χ3v) is 1.84. The van der Waals surface area contributed by atoms with E-state index < -0.39 is 0 Å². The van der Waals surface area contributed by atoms with Gasteiger partial charge >= 0.3 is 5.97 Å². The molecule has 4 heteroatoms. The Morgan fingerprint density at radius 1 is 1.40 bits per heavy atom. The fourth-order valence-corrected chi connectivity index (χ4v) is 1.08. The molecule has 15 heavy (non-hydrogen) atoms. The summed E-state index contributed by atoms with van der Waals surface area (Å²) in [5, 5.41) is 0. The highest BCUT2D eigenvalue weighted by molar-refractivity contribution is 5.82. The second-order valence-corrected chi connectivity index (χ2v) is 2.92. The van der Waals surface area contributed by atoms with Crippen molar-refractivity contribution in [2.75, 3.05) is 19.7 Å². The van der Waals surface area contributed by atoms with Crippen molar-refractivity contribution in [3.63, 3.8) is 0 Å². The van der Waals surface area contributed by atoms with Gasteiger partial charge in [0, 0.05) is 19.4 Å². The summed E-state index contributed by atoms with van der Waals surface area (Å²) in [5.74, 6) is 1.90. The van der Waals surface area contributed by atoms with Crippen molar-refractivity contribution in [2.45, 2.75) is 26.7 Å². The van der Waals surface area contributed by atoms with Crippen LogP contribution in [-0.4, -0.2) is 36.5 Å². The Morgan fingerprint density at radius 2 is 2.07 bits per heavy atom. The number of carbonyl (C=O) groups is 2. The van der Waals surface area contributed by atoms with Gasteiger partial charge in [-0.05, 0) is 13.8 Å². The highest BCUT2D eigenvalue weighted by Gasteiger charge is 2.15. The van der Waals surface area contributed by atoms with E-state index >= 15 is 0 Å². The molecule has 0 aliphatic heterocycles. The predicted octanol–water partition coefficient (Wildman–Crippen LogP) is 0.811. The van der Waals surface area contributed by atoms with Gasteiger partial charge in [0.1, 0.15) is 6.54 Å². The summed E-state index contributed by atoms with van der Waals surface area (Å²) in [7, 11) is 0. The topological polar surface area (TPSA) is 46.6 Å².